The van der Waals surface area contributed by atoms with Crippen LogP contribution in [-0.4, -0.2) is 17.6 Å². The van der Waals surface area contributed by atoms with E-state index in [4.69, 9.17) is 9.47 Å². The van der Waals surface area contributed by atoms with E-state index in [0.717, 1.165) is 29.3 Å². The number of aromatic nitrogens is 1. The number of pyridine rings is 1. The van der Waals surface area contributed by atoms with Crippen molar-refractivity contribution >= 4 is 5.82 Å². The highest BCUT2D eigenvalue weighted by molar-refractivity contribution is 5.50. The second-order valence-electron chi connectivity index (χ2n) is 5.87. The Bertz CT molecular complexity index is 653. The molecule has 0 saturated heterocycles. The van der Waals surface area contributed by atoms with Crippen molar-refractivity contribution in [2.24, 2.45) is 0 Å². The van der Waals surface area contributed by atoms with Gasteiger partial charge in [-0.2, -0.15) is 0 Å². The number of para-hydroxylation sites is 1. The van der Waals surface area contributed by atoms with Crippen molar-refractivity contribution in [3.8, 4) is 11.5 Å². The average molecular weight is 284 g/mol. The van der Waals surface area contributed by atoms with Crippen LogP contribution in [0.1, 0.15) is 25.0 Å². The first-order valence-electron chi connectivity index (χ1n) is 7.14. The SMILES string of the molecule is CNc1cc(COc2cccc3c2OC(C)(C)C3)ccn1. The van der Waals surface area contributed by atoms with E-state index in [1.807, 2.05) is 31.3 Å². The van der Waals surface area contributed by atoms with Gasteiger partial charge in [0.1, 0.15) is 18.0 Å². The third kappa shape index (κ3) is 2.94. The van der Waals surface area contributed by atoms with Gasteiger partial charge in [0.2, 0.25) is 0 Å². The fourth-order valence-electron chi connectivity index (χ4n) is 2.56. The Kier molecular flexibility index (Phi) is 3.45. The Morgan fingerprint density at radius 2 is 2.19 bits per heavy atom. The topological polar surface area (TPSA) is 43.4 Å². The van der Waals surface area contributed by atoms with Crippen LogP contribution in [0.25, 0.3) is 0 Å². The van der Waals surface area contributed by atoms with Crippen molar-refractivity contribution < 1.29 is 9.47 Å². The van der Waals surface area contributed by atoms with Crippen LogP contribution in [0.5, 0.6) is 11.5 Å². The summed E-state index contributed by atoms with van der Waals surface area (Å²) in [6.45, 7) is 4.69. The summed E-state index contributed by atoms with van der Waals surface area (Å²) in [5.74, 6) is 2.53. The van der Waals surface area contributed by atoms with E-state index < -0.39 is 0 Å². The Morgan fingerprint density at radius 1 is 1.33 bits per heavy atom. The quantitative estimate of drug-likeness (QED) is 0.934. The molecule has 1 aliphatic rings. The van der Waals surface area contributed by atoms with Crippen LogP contribution in [0.15, 0.2) is 36.5 Å². The largest absolute Gasteiger partial charge is 0.485 e. The highest BCUT2D eigenvalue weighted by atomic mass is 16.5. The van der Waals surface area contributed by atoms with E-state index in [-0.39, 0.29) is 5.60 Å². The van der Waals surface area contributed by atoms with Crippen molar-refractivity contribution in [3.05, 3.63) is 47.7 Å². The molecule has 21 heavy (non-hydrogen) atoms. The van der Waals surface area contributed by atoms with Crippen LogP contribution in [0.4, 0.5) is 5.82 Å². The van der Waals surface area contributed by atoms with E-state index in [0.29, 0.717) is 6.61 Å². The van der Waals surface area contributed by atoms with Crippen molar-refractivity contribution in [1.82, 2.24) is 4.98 Å². The van der Waals surface area contributed by atoms with Gasteiger partial charge in [0.05, 0.1) is 0 Å². The first kappa shape index (κ1) is 13.7. The lowest BCUT2D eigenvalue weighted by molar-refractivity contribution is 0.131. The fourth-order valence-corrected chi connectivity index (χ4v) is 2.56. The first-order valence-corrected chi connectivity index (χ1v) is 7.14. The van der Waals surface area contributed by atoms with Gasteiger partial charge in [0, 0.05) is 25.2 Å². The van der Waals surface area contributed by atoms with Crippen LogP contribution in [-0.2, 0) is 13.0 Å². The van der Waals surface area contributed by atoms with Crippen LogP contribution in [0, 0.1) is 0 Å². The molecule has 0 aliphatic carbocycles. The van der Waals surface area contributed by atoms with Gasteiger partial charge in [-0.3, -0.25) is 0 Å². The van der Waals surface area contributed by atoms with E-state index in [9.17, 15) is 0 Å². The molecule has 2 aromatic rings. The predicted octanol–water partition coefficient (Wildman–Crippen LogP) is 3.42. The number of rotatable bonds is 4. The smallest absolute Gasteiger partial charge is 0.165 e. The second kappa shape index (κ2) is 5.28. The van der Waals surface area contributed by atoms with Gasteiger partial charge >= 0.3 is 0 Å². The minimum absolute atomic E-state index is 0.155. The molecule has 4 nitrogen and oxygen atoms in total. The first-order chi connectivity index (χ1) is 10.1. The van der Waals surface area contributed by atoms with Crippen molar-refractivity contribution in [2.45, 2.75) is 32.5 Å². The minimum Gasteiger partial charge on any atom is -0.485 e. The highest BCUT2D eigenvalue weighted by Gasteiger charge is 2.32. The molecule has 110 valence electrons. The van der Waals surface area contributed by atoms with Crippen molar-refractivity contribution in [1.29, 1.82) is 0 Å². The molecule has 0 saturated carbocycles. The maximum atomic E-state index is 6.01. The van der Waals surface area contributed by atoms with E-state index in [1.54, 1.807) is 6.20 Å². The summed E-state index contributed by atoms with van der Waals surface area (Å²) in [5.41, 5.74) is 2.13. The van der Waals surface area contributed by atoms with E-state index in [1.165, 1.54) is 5.56 Å². The zero-order chi connectivity index (χ0) is 14.9. The number of anilines is 1. The van der Waals surface area contributed by atoms with Crippen molar-refractivity contribution in [3.63, 3.8) is 0 Å². The molecule has 1 aliphatic heterocycles. The summed E-state index contributed by atoms with van der Waals surface area (Å²) in [6, 6.07) is 10.0. The summed E-state index contributed by atoms with van der Waals surface area (Å²) < 4.78 is 12.0. The third-order valence-corrected chi connectivity index (χ3v) is 3.53. The molecule has 0 fully saturated rings. The molecule has 3 rings (SSSR count). The number of ether oxygens (including phenoxy) is 2. The lowest BCUT2D eigenvalue weighted by atomic mass is 10.0. The lowest BCUT2D eigenvalue weighted by Crippen LogP contribution is -2.24. The zero-order valence-corrected chi connectivity index (χ0v) is 12.6. The number of hydrogen-bond donors (Lipinski definition) is 1. The molecule has 1 aromatic heterocycles. The van der Waals surface area contributed by atoms with Gasteiger partial charge < -0.3 is 14.8 Å². The van der Waals surface area contributed by atoms with Gasteiger partial charge in [-0.15, -0.1) is 0 Å². The van der Waals surface area contributed by atoms with Gasteiger partial charge in [0.25, 0.3) is 0 Å². The molecule has 0 unspecified atom stereocenters. The number of hydrogen-bond acceptors (Lipinski definition) is 4. The van der Waals surface area contributed by atoms with Crippen molar-refractivity contribution in [2.75, 3.05) is 12.4 Å². The van der Waals surface area contributed by atoms with Crippen LogP contribution in [0.3, 0.4) is 0 Å². The number of fused-ring (bicyclic) bond motifs is 1. The maximum absolute atomic E-state index is 6.01. The third-order valence-electron chi connectivity index (χ3n) is 3.53. The van der Waals surface area contributed by atoms with Crippen LogP contribution < -0.4 is 14.8 Å². The molecule has 4 heteroatoms. The normalized spacial score (nSPS) is 15.2. The summed E-state index contributed by atoms with van der Waals surface area (Å²) in [4.78, 5) is 4.20. The Hall–Kier alpha value is -2.23. The molecule has 1 N–H and O–H groups in total. The molecule has 1 aromatic carbocycles. The number of nitrogens with zero attached hydrogens (tertiary/aromatic N) is 1. The monoisotopic (exact) mass is 284 g/mol. The molecule has 0 radical (unpaired) electrons. The standard InChI is InChI=1S/C17H20N2O2/c1-17(2)10-13-5-4-6-14(16(13)21-17)20-11-12-7-8-19-15(9-12)18-3/h4-9H,10-11H2,1-3H3,(H,18,19). The number of nitrogens with one attached hydrogen (secondary N) is 1. The molecule has 0 spiro atoms. The molecule has 0 bridgehead atoms. The number of benzene rings is 1. The van der Waals surface area contributed by atoms with Crippen LogP contribution >= 0.6 is 0 Å². The molecule has 0 atom stereocenters. The summed E-state index contributed by atoms with van der Waals surface area (Å²) in [6.07, 6.45) is 2.69. The van der Waals surface area contributed by atoms with Gasteiger partial charge in [-0.25, -0.2) is 4.98 Å². The summed E-state index contributed by atoms with van der Waals surface area (Å²) in [5, 5.41) is 3.03. The molecule has 0 amide bonds. The highest BCUT2D eigenvalue weighted by Crippen LogP contribution is 2.41. The Labute approximate surface area is 125 Å². The summed E-state index contributed by atoms with van der Waals surface area (Å²) in [7, 11) is 1.85. The molecule has 2 heterocycles. The Balaban J connectivity index is 1.76. The van der Waals surface area contributed by atoms with E-state index in [2.05, 4.69) is 30.2 Å². The zero-order valence-electron chi connectivity index (χ0n) is 12.6. The maximum Gasteiger partial charge on any atom is 0.165 e. The van der Waals surface area contributed by atoms with Gasteiger partial charge in [-0.1, -0.05) is 12.1 Å². The lowest BCUT2D eigenvalue weighted by Gasteiger charge is -2.18. The fraction of sp³-hybridized carbons (Fsp3) is 0.353. The van der Waals surface area contributed by atoms with Crippen LogP contribution in [0.2, 0.25) is 0 Å². The van der Waals surface area contributed by atoms with E-state index >= 15 is 0 Å². The molecular weight excluding hydrogens is 264 g/mol. The van der Waals surface area contributed by atoms with Gasteiger partial charge in [-0.05, 0) is 37.6 Å². The Morgan fingerprint density at radius 3 is 3.00 bits per heavy atom. The molecular formula is C17H20N2O2. The second-order valence-corrected chi connectivity index (χ2v) is 5.87. The minimum atomic E-state index is -0.155. The predicted molar refractivity (Wildman–Crippen MR) is 83.0 cm³/mol. The average Bonchev–Trinajstić information content (AvgIpc) is 2.79. The summed E-state index contributed by atoms with van der Waals surface area (Å²) >= 11 is 0. The van der Waals surface area contributed by atoms with Gasteiger partial charge in [0.15, 0.2) is 11.5 Å².